The van der Waals surface area contributed by atoms with Gasteiger partial charge in [-0.05, 0) is 286 Å². The van der Waals surface area contributed by atoms with Gasteiger partial charge in [0.05, 0.1) is 0 Å². The van der Waals surface area contributed by atoms with Crippen LogP contribution in [0.15, 0.2) is 511 Å². The Hall–Kier alpha value is -18.0. The predicted molar refractivity (Wildman–Crippen MR) is 583 cm³/mol. The Morgan fingerprint density at radius 2 is 0.380 bits per heavy atom. The van der Waals surface area contributed by atoms with E-state index in [1.165, 1.54) is 202 Å². The van der Waals surface area contributed by atoms with Gasteiger partial charge in [0.25, 0.3) is 0 Å². The molecular formula is C134H82O3. The summed E-state index contributed by atoms with van der Waals surface area (Å²) in [5.41, 5.74) is 27.2. The zero-order chi connectivity index (χ0) is 90.1. The maximum absolute atomic E-state index is 6.66. The van der Waals surface area contributed by atoms with Crippen LogP contribution in [0, 0.1) is 0 Å². The average molecular weight is 1740 g/mol. The molecule has 0 fully saturated rings. The molecule has 0 aliphatic rings. The second kappa shape index (κ2) is 32.5. The summed E-state index contributed by atoms with van der Waals surface area (Å²) in [7, 11) is 0. The van der Waals surface area contributed by atoms with Crippen LogP contribution in [-0.4, -0.2) is 0 Å². The molecule has 0 atom stereocenters. The fourth-order valence-corrected chi connectivity index (χ4v) is 22.4. The second-order valence-electron chi connectivity index (χ2n) is 36.1. The molecule has 3 heteroatoms. The molecule has 0 unspecified atom stereocenters. The van der Waals surface area contributed by atoms with Crippen molar-refractivity contribution in [3.05, 3.63) is 497 Å². The third-order valence-corrected chi connectivity index (χ3v) is 28.5. The third kappa shape index (κ3) is 13.2. The van der Waals surface area contributed by atoms with Crippen molar-refractivity contribution < 1.29 is 13.3 Å². The van der Waals surface area contributed by atoms with Crippen LogP contribution in [0.2, 0.25) is 0 Å². The van der Waals surface area contributed by atoms with E-state index in [0.29, 0.717) is 0 Å². The molecule has 29 rings (SSSR count). The van der Waals surface area contributed by atoms with Crippen LogP contribution in [0.25, 0.3) is 284 Å². The molecule has 0 saturated heterocycles. The Morgan fingerprint density at radius 1 is 0.109 bits per heavy atom. The van der Waals surface area contributed by atoms with Crippen molar-refractivity contribution >= 4 is 184 Å². The molecule has 29 aromatic rings. The summed E-state index contributed by atoms with van der Waals surface area (Å²) in [6.45, 7) is 0. The molecule has 0 spiro atoms. The zero-order valence-electron chi connectivity index (χ0n) is 74.6. The molecule has 0 amide bonds. The van der Waals surface area contributed by atoms with Crippen molar-refractivity contribution in [2.75, 3.05) is 0 Å². The molecule has 3 heterocycles. The minimum Gasteiger partial charge on any atom is -0.456 e. The minimum absolute atomic E-state index is 0.902. The smallest absolute Gasteiger partial charge is 0.143 e. The minimum atomic E-state index is 0.902. The Balaban J connectivity index is 0.000000104. The lowest BCUT2D eigenvalue weighted by Gasteiger charge is -2.20. The van der Waals surface area contributed by atoms with E-state index in [9.17, 15) is 0 Å². The van der Waals surface area contributed by atoms with E-state index < -0.39 is 0 Å². The number of benzene rings is 26. The molecule has 137 heavy (non-hydrogen) atoms. The average Bonchev–Trinajstić information content (AvgIpc) is 1.71. The highest BCUT2D eigenvalue weighted by molar-refractivity contribution is 6.31. The van der Waals surface area contributed by atoms with Crippen molar-refractivity contribution in [2.24, 2.45) is 0 Å². The summed E-state index contributed by atoms with van der Waals surface area (Å²) in [6.07, 6.45) is 0. The van der Waals surface area contributed by atoms with E-state index in [4.69, 9.17) is 13.3 Å². The topological polar surface area (TPSA) is 39.4 Å². The van der Waals surface area contributed by atoms with Crippen molar-refractivity contribution in [3.63, 3.8) is 0 Å². The molecule has 0 bridgehead atoms. The lowest BCUT2D eigenvalue weighted by Crippen LogP contribution is -1.93. The SMILES string of the molecule is c1ccc(-c2ccc(-c3c4ccccc4c(-c4ccc5ccccc5c4)c4ccccc34)c3c2oc2ccccc23)cc1.c1ccc2cc(-c3c4ccccc4c(-c4ccc5oc6ccccc6c5c4-c4ccc5ccccc5c4)c4ccccc34)ccc2c1.c1ccc2cc(-c3cc(-c4c5ccccc5c(-c5ccc6ccccc6c5)c5ccccc45)c4c(c3)oc3ccccc34)ccc2c1. The van der Waals surface area contributed by atoms with Crippen LogP contribution in [0.3, 0.4) is 0 Å². The van der Waals surface area contributed by atoms with Gasteiger partial charge in [0.1, 0.15) is 33.5 Å². The molecule has 0 N–H and O–H groups in total. The number of hydrogen-bond donors (Lipinski definition) is 0. The van der Waals surface area contributed by atoms with Gasteiger partial charge in [0, 0.05) is 43.4 Å². The van der Waals surface area contributed by atoms with E-state index in [1.54, 1.807) is 0 Å². The summed E-state index contributed by atoms with van der Waals surface area (Å²) in [6, 6.07) is 180. The monoisotopic (exact) mass is 1740 g/mol. The number of para-hydroxylation sites is 3. The summed E-state index contributed by atoms with van der Waals surface area (Å²) in [5.74, 6) is 0. The Kier molecular flexibility index (Phi) is 18.7. The lowest BCUT2D eigenvalue weighted by atomic mass is 9.82. The van der Waals surface area contributed by atoms with Crippen LogP contribution in [0.1, 0.15) is 0 Å². The maximum atomic E-state index is 6.66. The molecule has 0 aliphatic heterocycles. The second-order valence-corrected chi connectivity index (χ2v) is 36.1. The molecule has 0 saturated carbocycles. The number of rotatable bonds is 9. The van der Waals surface area contributed by atoms with E-state index in [1.807, 2.05) is 6.07 Å². The molecule has 0 radical (unpaired) electrons. The third-order valence-electron chi connectivity index (χ3n) is 28.5. The Bertz CT molecular complexity index is 9850. The summed E-state index contributed by atoms with van der Waals surface area (Å²) in [5, 5.41) is 34.2. The van der Waals surface area contributed by atoms with Gasteiger partial charge in [0.15, 0.2) is 0 Å². The fourth-order valence-electron chi connectivity index (χ4n) is 22.4. The normalized spacial score (nSPS) is 11.8. The van der Waals surface area contributed by atoms with Gasteiger partial charge in [-0.25, -0.2) is 0 Å². The first-order valence-corrected chi connectivity index (χ1v) is 47.1. The van der Waals surface area contributed by atoms with E-state index in [0.717, 1.165) is 82.5 Å². The van der Waals surface area contributed by atoms with Crippen molar-refractivity contribution in [1.82, 2.24) is 0 Å². The predicted octanol–water partition coefficient (Wildman–Crippen LogP) is 38.4. The summed E-state index contributed by atoms with van der Waals surface area (Å²) < 4.78 is 19.8. The largest absolute Gasteiger partial charge is 0.456 e. The number of furan rings is 3. The molecule has 3 nitrogen and oxygen atoms in total. The Labute approximate surface area is 789 Å². The lowest BCUT2D eigenvalue weighted by molar-refractivity contribution is 0.668. The van der Waals surface area contributed by atoms with E-state index in [-0.39, 0.29) is 0 Å². The number of hydrogen-bond acceptors (Lipinski definition) is 3. The highest BCUT2D eigenvalue weighted by atomic mass is 16.3. The molecule has 26 aromatic carbocycles. The maximum Gasteiger partial charge on any atom is 0.143 e. The van der Waals surface area contributed by atoms with E-state index >= 15 is 0 Å². The first-order chi connectivity index (χ1) is 68.0. The molecule has 3 aromatic heterocycles. The van der Waals surface area contributed by atoms with Crippen molar-refractivity contribution in [3.8, 4) is 100 Å². The van der Waals surface area contributed by atoms with Crippen LogP contribution >= 0.6 is 0 Å². The van der Waals surface area contributed by atoms with Crippen LogP contribution in [0.4, 0.5) is 0 Å². The summed E-state index contributed by atoms with van der Waals surface area (Å²) >= 11 is 0. The number of fused-ring (bicyclic) bond motifs is 20. The van der Waals surface area contributed by atoms with Gasteiger partial charge in [0.2, 0.25) is 0 Å². The first kappa shape index (κ1) is 78.8. The van der Waals surface area contributed by atoms with Gasteiger partial charge in [-0.2, -0.15) is 0 Å². The van der Waals surface area contributed by atoms with Crippen molar-refractivity contribution in [1.29, 1.82) is 0 Å². The fraction of sp³-hybridized carbons (Fsp3) is 0. The van der Waals surface area contributed by atoms with E-state index in [2.05, 4.69) is 491 Å². The summed E-state index contributed by atoms with van der Waals surface area (Å²) in [4.78, 5) is 0. The van der Waals surface area contributed by atoms with Crippen LogP contribution in [0.5, 0.6) is 0 Å². The molecular weight excluding hydrogens is 1660 g/mol. The quantitative estimate of drug-likeness (QED) is 0.135. The highest BCUT2D eigenvalue weighted by Gasteiger charge is 2.28. The van der Waals surface area contributed by atoms with Crippen LogP contribution < -0.4 is 0 Å². The van der Waals surface area contributed by atoms with Gasteiger partial charge in [-0.3, -0.25) is 0 Å². The van der Waals surface area contributed by atoms with Gasteiger partial charge < -0.3 is 13.3 Å². The van der Waals surface area contributed by atoms with Crippen LogP contribution in [-0.2, 0) is 0 Å². The van der Waals surface area contributed by atoms with Gasteiger partial charge in [-0.15, -0.1) is 0 Å². The van der Waals surface area contributed by atoms with Crippen molar-refractivity contribution in [2.45, 2.75) is 0 Å². The van der Waals surface area contributed by atoms with Gasteiger partial charge >= 0.3 is 0 Å². The standard InChI is InChI=1S/2C46H28O.C42H26O/c1-3-13-31-25-33(23-21-29(31)11-1)35-27-41(46-40-19-9-10-20-42(40)47-43(46)28-35)45-38-17-7-5-15-36(38)44(37-16-6-8-18-39(37)45)34-24-22-30-12-2-4-14-32(30)26-34;1-3-13-31-27-33(23-21-29(31)11-1)43-35-15-5-7-17-37(35)45(38-18-8-6-16-36(38)43)40-25-26-42-46(39-19-9-10-20-41(39)47-42)44(40)34-24-22-30-12-2-4-14-32(30)28-34;1-2-13-28(14-3-1)31-24-25-37(41-36-20-10-11-21-38(36)43-42(31)41)40-34-18-8-6-16-32(34)39(33-17-7-9-19-35(33)40)30-23-22-27-12-4-5-15-29(27)26-30/h2*1-28H;1-26H. The zero-order valence-corrected chi connectivity index (χ0v) is 74.6. The molecule has 0 aliphatic carbocycles. The molecule has 636 valence electrons. The van der Waals surface area contributed by atoms with Gasteiger partial charge in [-0.1, -0.05) is 419 Å². The first-order valence-electron chi connectivity index (χ1n) is 47.1. The Morgan fingerprint density at radius 3 is 0.774 bits per heavy atom. The highest BCUT2D eigenvalue weighted by Crippen LogP contribution is 2.55.